The Morgan fingerprint density at radius 1 is 0.970 bits per heavy atom. The van der Waals surface area contributed by atoms with Gasteiger partial charge in [0.05, 0.1) is 20.3 Å². The maximum absolute atomic E-state index is 6.36. The van der Waals surface area contributed by atoms with Crippen molar-refractivity contribution in [2.45, 2.75) is 64.5 Å². The molecule has 1 atom stereocenters. The highest BCUT2D eigenvalue weighted by atomic mass is 32.1. The summed E-state index contributed by atoms with van der Waals surface area (Å²) in [6.07, 6.45) is 7.18. The third kappa shape index (κ3) is 5.55. The van der Waals surface area contributed by atoms with Crippen LogP contribution in [0.4, 0.5) is 0 Å². The van der Waals surface area contributed by atoms with Crippen LogP contribution in [0, 0.1) is 13.8 Å². The minimum atomic E-state index is -0.00188. The maximum Gasteiger partial charge on any atom is 0.169 e. The van der Waals surface area contributed by atoms with Gasteiger partial charge in [-0.05, 0) is 91.8 Å². The van der Waals surface area contributed by atoms with Gasteiger partial charge in [0.2, 0.25) is 0 Å². The van der Waals surface area contributed by atoms with E-state index in [4.69, 9.17) is 26.4 Å². The number of methoxy groups -OCH3 is 2. The molecule has 5 nitrogen and oxygen atoms in total. The quantitative estimate of drug-likeness (QED) is 0.564. The topological polar surface area (TPSA) is 43.0 Å². The fraction of sp³-hybridized carbons (Fsp3) is 0.519. The molecule has 0 amide bonds. The number of aryl methyl sites for hydroxylation is 2. The molecule has 4 rings (SSSR count). The van der Waals surface area contributed by atoms with E-state index in [0.717, 1.165) is 35.3 Å². The molecule has 1 aliphatic carbocycles. The first-order valence-corrected chi connectivity index (χ1v) is 12.4. The van der Waals surface area contributed by atoms with E-state index >= 15 is 0 Å². The summed E-state index contributed by atoms with van der Waals surface area (Å²) in [5.74, 6) is 2.40. The van der Waals surface area contributed by atoms with Crippen LogP contribution in [0.5, 0.6) is 17.2 Å². The second-order valence-electron chi connectivity index (χ2n) is 9.28. The van der Waals surface area contributed by atoms with Crippen LogP contribution in [0.25, 0.3) is 0 Å². The molecule has 0 bridgehead atoms. The summed E-state index contributed by atoms with van der Waals surface area (Å²) in [5, 5.41) is 4.49. The van der Waals surface area contributed by atoms with Gasteiger partial charge in [0.25, 0.3) is 0 Å². The Morgan fingerprint density at radius 2 is 1.64 bits per heavy atom. The molecule has 1 saturated carbocycles. The monoisotopic (exact) mass is 468 g/mol. The summed E-state index contributed by atoms with van der Waals surface area (Å²) >= 11 is 5.95. The smallest absolute Gasteiger partial charge is 0.169 e. The number of nitrogens with one attached hydrogen (secondary N) is 1. The van der Waals surface area contributed by atoms with Gasteiger partial charge in [-0.2, -0.15) is 0 Å². The Morgan fingerprint density at radius 3 is 2.30 bits per heavy atom. The molecule has 0 saturated heterocycles. The Balaban J connectivity index is 1.61. The molecular weight excluding hydrogens is 432 g/mol. The first kappa shape index (κ1) is 23.7. The molecule has 2 aromatic carbocycles. The zero-order valence-corrected chi connectivity index (χ0v) is 21.1. The van der Waals surface area contributed by atoms with Crippen molar-refractivity contribution in [3.05, 3.63) is 52.6 Å². The van der Waals surface area contributed by atoms with Gasteiger partial charge < -0.3 is 24.4 Å². The number of nitrogens with zero attached hydrogens (tertiary/aromatic N) is 1. The van der Waals surface area contributed by atoms with Crippen LogP contribution in [0.3, 0.4) is 0 Å². The molecule has 0 spiro atoms. The summed E-state index contributed by atoms with van der Waals surface area (Å²) in [6.45, 7) is 5.56. The minimum absolute atomic E-state index is 0.00188. The van der Waals surface area contributed by atoms with Crippen LogP contribution in [0.15, 0.2) is 30.3 Å². The van der Waals surface area contributed by atoms with Crippen LogP contribution < -0.4 is 19.5 Å². The van der Waals surface area contributed by atoms with Gasteiger partial charge in [0.1, 0.15) is 12.4 Å². The van der Waals surface area contributed by atoms with E-state index in [1.807, 2.05) is 0 Å². The summed E-state index contributed by atoms with van der Waals surface area (Å²) in [6, 6.07) is 11.0. The number of fused-ring (bicyclic) bond motifs is 1. The highest BCUT2D eigenvalue weighted by Crippen LogP contribution is 2.38. The fourth-order valence-electron chi connectivity index (χ4n) is 5.15. The molecule has 0 radical (unpaired) electrons. The van der Waals surface area contributed by atoms with Crippen LogP contribution in [0.1, 0.15) is 60.4 Å². The highest BCUT2D eigenvalue weighted by molar-refractivity contribution is 7.80. The molecule has 33 heavy (non-hydrogen) atoms. The van der Waals surface area contributed by atoms with Gasteiger partial charge in [-0.15, -0.1) is 0 Å². The van der Waals surface area contributed by atoms with E-state index < -0.39 is 0 Å². The lowest BCUT2D eigenvalue weighted by atomic mass is 9.92. The Kier molecular flexibility index (Phi) is 7.63. The number of hydrogen-bond donors (Lipinski definition) is 1. The van der Waals surface area contributed by atoms with Crippen molar-refractivity contribution in [1.29, 1.82) is 0 Å². The van der Waals surface area contributed by atoms with E-state index in [2.05, 4.69) is 54.4 Å². The average molecular weight is 469 g/mol. The van der Waals surface area contributed by atoms with E-state index in [1.54, 1.807) is 14.2 Å². The lowest BCUT2D eigenvalue weighted by Gasteiger charge is -2.40. The SMILES string of the molecule is COc1cc2c(cc1OC)C(COc1cc(C)cc(C)c1)N(C(=S)NC1CCCCC1)CC2. The predicted octanol–water partition coefficient (Wildman–Crippen LogP) is 5.51. The van der Waals surface area contributed by atoms with E-state index in [0.29, 0.717) is 12.6 Å². The minimum Gasteiger partial charge on any atom is -0.493 e. The molecule has 1 heterocycles. The first-order valence-electron chi connectivity index (χ1n) is 12.0. The average Bonchev–Trinajstić information content (AvgIpc) is 2.81. The van der Waals surface area contributed by atoms with Gasteiger partial charge in [-0.3, -0.25) is 0 Å². The first-order chi connectivity index (χ1) is 16.0. The number of ether oxygens (including phenoxy) is 3. The van der Waals surface area contributed by atoms with Crippen molar-refractivity contribution in [3.63, 3.8) is 0 Å². The number of benzene rings is 2. The van der Waals surface area contributed by atoms with E-state index in [-0.39, 0.29) is 6.04 Å². The van der Waals surface area contributed by atoms with Crippen LogP contribution >= 0.6 is 12.2 Å². The van der Waals surface area contributed by atoms with Crippen molar-refractivity contribution in [3.8, 4) is 17.2 Å². The number of hydrogen-bond acceptors (Lipinski definition) is 4. The van der Waals surface area contributed by atoms with E-state index in [9.17, 15) is 0 Å². The maximum atomic E-state index is 6.36. The zero-order valence-electron chi connectivity index (χ0n) is 20.3. The van der Waals surface area contributed by atoms with Gasteiger partial charge >= 0.3 is 0 Å². The zero-order chi connectivity index (χ0) is 23.4. The molecule has 1 N–H and O–H groups in total. The Bertz CT molecular complexity index is 967. The van der Waals surface area contributed by atoms with Crippen LogP contribution in [-0.2, 0) is 6.42 Å². The van der Waals surface area contributed by atoms with Gasteiger partial charge in [0.15, 0.2) is 16.6 Å². The third-order valence-corrected chi connectivity index (χ3v) is 7.15. The predicted molar refractivity (Wildman–Crippen MR) is 137 cm³/mol. The summed E-state index contributed by atoms with van der Waals surface area (Å²) in [7, 11) is 3.37. The molecular formula is C27H36N2O3S. The van der Waals surface area contributed by atoms with Gasteiger partial charge in [-0.1, -0.05) is 25.3 Å². The Hall–Kier alpha value is -2.47. The molecule has 2 aromatic rings. The van der Waals surface area contributed by atoms with Crippen LogP contribution in [-0.4, -0.2) is 43.4 Å². The molecule has 1 fully saturated rings. The van der Waals surface area contributed by atoms with Gasteiger partial charge in [-0.25, -0.2) is 0 Å². The molecule has 2 aliphatic rings. The van der Waals surface area contributed by atoms with Crippen LogP contribution in [0.2, 0.25) is 0 Å². The van der Waals surface area contributed by atoms with Crippen molar-refractivity contribution in [2.75, 3.05) is 27.4 Å². The lowest BCUT2D eigenvalue weighted by Crippen LogP contribution is -2.50. The summed E-state index contributed by atoms with van der Waals surface area (Å²) in [5.41, 5.74) is 4.85. The lowest BCUT2D eigenvalue weighted by molar-refractivity contribution is 0.185. The molecule has 1 aliphatic heterocycles. The fourth-order valence-corrected chi connectivity index (χ4v) is 5.53. The molecule has 1 unspecified atom stereocenters. The highest BCUT2D eigenvalue weighted by Gasteiger charge is 2.32. The standard InChI is InChI=1S/C27H36N2O3S/c1-18-12-19(2)14-22(13-18)32-17-24-23-16-26(31-4)25(30-3)15-20(23)10-11-29(24)27(33)28-21-8-6-5-7-9-21/h12-16,21,24H,5-11,17H2,1-4H3,(H,28,33). The largest absolute Gasteiger partial charge is 0.493 e. The van der Waals surface area contributed by atoms with E-state index in [1.165, 1.54) is 54.4 Å². The normalized spacial score (nSPS) is 18.4. The van der Waals surface area contributed by atoms with Crippen molar-refractivity contribution in [2.24, 2.45) is 0 Å². The second kappa shape index (κ2) is 10.6. The summed E-state index contributed by atoms with van der Waals surface area (Å²) in [4.78, 5) is 2.31. The Labute approximate surface area is 203 Å². The molecule has 0 aromatic heterocycles. The van der Waals surface area contributed by atoms with Crippen molar-refractivity contribution < 1.29 is 14.2 Å². The number of rotatable bonds is 6. The van der Waals surface area contributed by atoms with Gasteiger partial charge in [0, 0.05) is 12.6 Å². The second-order valence-corrected chi connectivity index (χ2v) is 9.67. The molecule has 6 heteroatoms. The third-order valence-electron chi connectivity index (χ3n) is 6.80. The number of thiocarbonyl (C=S) groups is 1. The van der Waals surface area contributed by atoms with Crippen molar-refractivity contribution in [1.82, 2.24) is 10.2 Å². The summed E-state index contributed by atoms with van der Waals surface area (Å²) < 4.78 is 17.6. The molecule has 178 valence electrons. The van der Waals surface area contributed by atoms with Crippen molar-refractivity contribution >= 4 is 17.3 Å².